The number of hydrogen-bond donors (Lipinski definition) is 1. The highest BCUT2D eigenvalue weighted by Crippen LogP contribution is 2.29. The number of nitrogens with one attached hydrogen (secondary N) is 1. The Morgan fingerprint density at radius 1 is 1.00 bits per heavy atom. The molecular weight excluding hydrogens is 491 g/mol. The van der Waals surface area contributed by atoms with E-state index in [2.05, 4.69) is 15.4 Å². The molecule has 0 saturated carbocycles. The number of aromatic nitrogens is 4. The fraction of sp³-hybridized carbons (Fsp3) is 0.160. The summed E-state index contributed by atoms with van der Waals surface area (Å²) in [6.07, 6.45) is -1.52. The molecule has 0 aliphatic heterocycles. The van der Waals surface area contributed by atoms with Crippen LogP contribution in [0.15, 0.2) is 82.6 Å². The fourth-order valence-corrected chi connectivity index (χ4v) is 3.48. The van der Waals surface area contributed by atoms with E-state index in [9.17, 15) is 27.6 Å². The number of nitrogens with zero attached hydrogens (tertiary/aromatic N) is 4. The zero-order valence-electron chi connectivity index (χ0n) is 19.4. The summed E-state index contributed by atoms with van der Waals surface area (Å²) in [5, 5.41) is 6.49. The van der Waals surface area contributed by atoms with Gasteiger partial charge in [0.15, 0.2) is 0 Å². The molecule has 0 unspecified atom stereocenters. The van der Waals surface area contributed by atoms with Crippen molar-refractivity contribution in [1.82, 2.24) is 24.6 Å². The molecule has 12 heteroatoms. The zero-order valence-corrected chi connectivity index (χ0v) is 19.4. The number of alkyl halides is 3. The Kier molecular flexibility index (Phi) is 7.18. The van der Waals surface area contributed by atoms with Crippen LogP contribution >= 0.6 is 0 Å². The normalized spacial score (nSPS) is 11.2. The number of benzene rings is 2. The average Bonchev–Trinajstić information content (AvgIpc) is 2.90. The van der Waals surface area contributed by atoms with E-state index >= 15 is 0 Å². The second-order valence-corrected chi connectivity index (χ2v) is 7.87. The third-order valence-electron chi connectivity index (χ3n) is 5.39. The molecule has 0 bridgehead atoms. The van der Waals surface area contributed by atoms with Crippen molar-refractivity contribution in [3.05, 3.63) is 116 Å². The molecule has 4 rings (SSSR count). The first kappa shape index (κ1) is 25.4. The lowest BCUT2D eigenvalue weighted by atomic mass is 10.2. The second kappa shape index (κ2) is 10.5. The van der Waals surface area contributed by atoms with Crippen molar-refractivity contribution >= 4 is 5.91 Å². The number of pyridine rings is 1. The molecule has 4 aromatic rings. The van der Waals surface area contributed by atoms with Crippen LogP contribution in [0.1, 0.15) is 27.2 Å². The predicted molar refractivity (Wildman–Crippen MR) is 127 cm³/mol. The van der Waals surface area contributed by atoms with E-state index in [-0.39, 0.29) is 18.8 Å². The minimum atomic E-state index is -4.58. The monoisotopic (exact) mass is 511 g/mol. The largest absolute Gasteiger partial charge is 0.497 e. The van der Waals surface area contributed by atoms with E-state index in [1.54, 1.807) is 36.4 Å². The number of methoxy groups -OCH3 is 1. The Hall–Kier alpha value is -4.74. The summed E-state index contributed by atoms with van der Waals surface area (Å²) in [6, 6.07) is 13.6. The molecular formula is C25H20F3N5O4. The van der Waals surface area contributed by atoms with Crippen LogP contribution in [0.25, 0.3) is 5.69 Å². The van der Waals surface area contributed by atoms with Crippen LogP contribution in [-0.2, 0) is 19.3 Å². The van der Waals surface area contributed by atoms with Gasteiger partial charge in [0.25, 0.3) is 11.5 Å². The van der Waals surface area contributed by atoms with Gasteiger partial charge in [-0.2, -0.15) is 23.0 Å². The third-order valence-corrected chi connectivity index (χ3v) is 5.39. The molecule has 1 N–H and O–H groups in total. The SMILES string of the molecule is COc1cccc(Cn2c(=O)c(C(=O)NCc3ccncc3)nn(-c3ccc(C(F)(F)F)cc3)c2=O)c1. The van der Waals surface area contributed by atoms with Crippen molar-refractivity contribution in [3.63, 3.8) is 0 Å². The quantitative estimate of drug-likeness (QED) is 0.409. The summed E-state index contributed by atoms with van der Waals surface area (Å²) in [5.41, 5.74) is -2.24. The summed E-state index contributed by atoms with van der Waals surface area (Å²) in [6.45, 7) is -0.180. The summed E-state index contributed by atoms with van der Waals surface area (Å²) in [4.78, 5) is 43.3. The van der Waals surface area contributed by atoms with Crippen molar-refractivity contribution < 1.29 is 22.7 Å². The van der Waals surface area contributed by atoms with Gasteiger partial charge >= 0.3 is 11.9 Å². The topological polar surface area (TPSA) is 108 Å². The average molecular weight is 511 g/mol. The standard InChI is InChI=1S/C25H20F3N5O4/c1-37-20-4-2-3-17(13-20)15-32-23(35)21(22(34)30-14-16-9-11-29-12-10-16)31-33(24(32)36)19-7-5-18(6-8-19)25(26,27)28/h2-13H,14-15H2,1H3,(H,30,34). The summed E-state index contributed by atoms with van der Waals surface area (Å²) >= 11 is 0. The van der Waals surface area contributed by atoms with Gasteiger partial charge in [0.1, 0.15) is 5.75 Å². The number of halogens is 3. The highest BCUT2D eigenvalue weighted by molar-refractivity contribution is 5.91. The Bertz CT molecular complexity index is 1530. The molecule has 2 aromatic carbocycles. The highest BCUT2D eigenvalue weighted by atomic mass is 19.4. The lowest BCUT2D eigenvalue weighted by Crippen LogP contribution is -2.46. The lowest BCUT2D eigenvalue weighted by Gasteiger charge is -2.13. The summed E-state index contributed by atoms with van der Waals surface area (Å²) < 4.78 is 45.8. The second-order valence-electron chi connectivity index (χ2n) is 7.87. The van der Waals surface area contributed by atoms with Crippen LogP contribution < -0.4 is 21.3 Å². The predicted octanol–water partition coefficient (Wildman–Crippen LogP) is 2.79. The van der Waals surface area contributed by atoms with Gasteiger partial charge in [-0.15, -0.1) is 0 Å². The number of ether oxygens (including phenoxy) is 1. The first-order chi connectivity index (χ1) is 17.7. The molecule has 0 radical (unpaired) electrons. The van der Waals surface area contributed by atoms with E-state index in [0.29, 0.717) is 16.9 Å². The van der Waals surface area contributed by atoms with Crippen LogP contribution in [-0.4, -0.2) is 32.3 Å². The van der Waals surface area contributed by atoms with Crippen LogP contribution in [0.5, 0.6) is 5.75 Å². The van der Waals surface area contributed by atoms with Crippen LogP contribution in [0.3, 0.4) is 0 Å². The third kappa shape index (κ3) is 5.74. The van der Waals surface area contributed by atoms with E-state index < -0.39 is 34.6 Å². The molecule has 0 fully saturated rings. The fourth-order valence-electron chi connectivity index (χ4n) is 3.48. The number of carbonyl (C=O) groups excluding carboxylic acids is 1. The molecule has 0 aliphatic carbocycles. The van der Waals surface area contributed by atoms with Crippen LogP contribution in [0.4, 0.5) is 13.2 Å². The van der Waals surface area contributed by atoms with Gasteiger partial charge in [-0.3, -0.25) is 19.1 Å². The molecule has 0 saturated heterocycles. The molecule has 0 aliphatic rings. The van der Waals surface area contributed by atoms with Crippen molar-refractivity contribution in [3.8, 4) is 11.4 Å². The van der Waals surface area contributed by atoms with Gasteiger partial charge in [-0.1, -0.05) is 12.1 Å². The lowest BCUT2D eigenvalue weighted by molar-refractivity contribution is -0.137. The van der Waals surface area contributed by atoms with Gasteiger partial charge < -0.3 is 10.1 Å². The van der Waals surface area contributed by atoms with Gasteiger partial charge in [0.05, 0.1) is 24.9 Å². The maximum Gasteiger partial charge on any atom is 0.416 e. The molecule has 2 aromatic heterocycles. The van der Waals surface area contributed by atoms with Crippen molar-refractivity contribution in [2.75, 3.05) is 7.11 Å². The molecule has 37 heavy (non-hydrogen) atoms. The van der Waals surface area contributed by atoms with E-state index in [1.807, 2.05) is 0 Å². The van der Waals surface area contributed by atoms with Crippen LogP contribution in [0, 0.1) is 0 Å². The van der Waals surface area contributed by atoms with Crippen LogP contribution in [0.2, 0.25) is 0 Å². The Morgan fingerprint density at radius 2 is 1.70 bits per heavy atom. The number of amides is 1. The van der Waals surface area contributed by atoms with Gasteiger partial charge in [0, 0.05) is 18.9 Å². The number of rotatable bonds is 7. The van der Waals surface area contributed by atoms with E-state index in [4.69, 9.17) is 4.74 Å². The minimum absolute atomic E-state index is 0.0533. The maximum absolute atomic E-state index is 13.3. The molecule has 2 heterocycles. The summed E-state index contributed by atoms with van der Waals surface area (Å²) in [5.74, 6) is -0.375. The zero-order chi connectivity index (χ0) is 26.6. The van der Waals surface area contributed by atoms with Gasteiger partial charge in [-0.25, -0.2) is 4.79 Å². The molecule has 1 amide bonds. The molecule has 9 nitrogen and oxygen atoms in total. The van der Waals surface area contributed by atoms with Crippen molar-refractivity contribution in [1.29, 1.82) is 0 Å². The smallest absolute Gasteiger partial charge is 0.416 e. The highest BCUT2D eigenvalue weighted by Gasteiger charge is 2.30. The van der Waals surface area contributed by atoms with Gasteiger partial charge in [0.2, 0.25) is 5.69 Å². The molecule has 190 valence electrons. The van der Waals surface area contributed by atoms with Gasteiger partial charge in [-0.05, 0) is 59.7 Å². The van der Waals surface area contributed by atoms with E-state index in [0.717, 1.165) is 33.5 Å². The first-order valence-corrected chi connectivity index (χ1v) is 10.9. The first-order valence-electron chi connectivity index (χ1n) is 10.9. The number of hydrogen-bond acceptors (Lipinski definition) is 6. The van der Waals surface area contributed by atoms with Crippen molar-refractivity contribution in [2.24, 2.45) is 0 Å². The molecule has 0 spiro atoms. The molecule has 0 atom stereocenters. The maximum atomic E-state index is 13.3. The Labute approximate surface area is 207 Å². The van der Waals surface area contributed by atoms with E-state index in [1.165, 1.54) is 19.5 Å². The number of carbonyl (C=O) groups is 1. The Balaban J connectivity index is 1.79. The Morgan fingerprint density at radius 3 is 2.35 bits per heavy atom. The summed E-state index contributed by atoms with van der Waals surface area (Å²) in [7, 11) is 1.46. The van der Waals surface area contributed by atoms with Crippen molar-refractivity contribution in [2.45, 2.75) is 19.3 Å². The minimum Gasteiger partial charge on any atom is -0.497 e.